The van der Waals surface area contributed by atoms with E-state index < -0.39 is 0 Å². The minimum absolute atomic E-state index is 0.145. The van der Waals surface area contributed by atoms with Gasteiger partial charge in [0.25, 0.3) is 0 Å². The normalized spacial score (nSPS) is 13.5. The largest absolute Gasteiger partial charge is 0.395 e. The molecule has 0 aromatic carbocycles. The van der Waals surface area contributed by atoms with Gasteiger partial charge in [0, 0.05) is 25.5 Å². The van der Waals surface area contributed by atoms with E-state index in [1.54, 1.807) is 6.20 Å². The van der Waals surface area contributed by atoms with Gasteiger partial charge in [-0.25, -0.2) is 4.98 Å². The molecule has 0 saturated heterocycles. The first-order chi connectivity index (χ1) is 6.65. The predicted octanol–water partition coefficient (Wildman–Crippen LogP) is 0.527. The van der Waals surface area contributed by atoms with E-state index >= 15 is 0 Å². The monoisotopic (exact) mass is 197 g/mol. The third kappa shape index (κ3) is 2.82. The number of aryl methyl sites for hydroxylation is 1. The third-order valence-electron chi connectivity index (χ3n) is 2.44. The lowest BCUT2D eigenvalue weighted by Crippen LogP contribution is -2.37. The van der Waals surface area contributed by atoms with Crippen molar-refractivity contribution in [3.8, 4) is 0 Å². The van der Waals surface area contributed by atoms with Crippen LogP contribution in [-0.2, 0) is 13.6 Å². The Morgan fingerprint density at radius 1 is 1.57 bits per heavy atom. The van der Waals surface area contributed by atoms with Crippen molar-refractivity contribution < 1.29 is 5.11 Å². The number of nitrogens with zero attached hydrogens (tertiary/aromatic N) is 2. The molecule has 0 spiro atoms. The lowest BCUT2D eigenvalue weighted by molar-refractivity contribution is 0.209. The Balaban J connectivity index is 2.43. The second kappa shape index (κ2) is 5.12. The van der Waals surface area contributed by atoms with Crippen molar-refractivity contribution in [1.29, 1.82) is 0 Å². The predicted molar refractivity (Wildman–Crippen MR) is 55.8 cm³/mol. The molecule has 0 unspecified atom stereocenters. The van der Waals surface area contributed by atoms with E-state index in [4.69, 9.17) is 5.11 Å². The molecule has 1 heterocycles. The molecule has 0 aliphatic heterocycles. The van der Waals surface area contributed by atoms with E-state index in [1.807, 2.05) is 17.8 Å². The molecule has 0 aliphatic rings. The molecule has 0 bridgehead atoms. The Bertz CT molecular complexity index is 270. The second-order valence-electron chi connectivity index (χ2n) is 3.87. The minimum atomic E-state index is 0.145. The van der Waals surface area contributed by atoms with Gasteiger partial charge in [-0.1, -0.05) is 13.8 Å². The number of rotatable bonds is 5. The summed E-state index contributed by atoms with van der Waals surface area (Å²) in [4.78, 5) is 4.20. The van der Waals surface area contributed by atoms with E-state index in [0.29, 0.717) is 12.5 Å². The summed E-state index contributed by atoms with van der Waals surface area (Å²) in [7, 11) is 1.97. The summed E-state index contributed by atoms with van der Waals surface area (Å²) in [6.45, 7) is 5.05. The summed E-state index contributed by atoms with van der Waals surface area (Å²) in [5.74, 6) is 1.42. The van der Waals surface area contributed by atoms with Crippen molar-refractivity contribution in [2.24, 2.45) is 13.0 Å². The number of nitrogens with one attached hydrogen (secondary N) is 1. The first-order valence-corrected chi connectivity index (χ1v) is 4.95. The summed E-state index contributed by atoms with van der Waals surface area (Å²) < 4.78 is 1.97. The van der Waals surface area contributed by atoms with Gasteiger partial charge >= 0.3 is 0 Å². The van der Waals surface area contributed by atoms with Gasteiger partial charge in [-0.15, -0.1) is 0 Å². The van der Waals surface area contributed by atoms with Crippen LogP contribution in [0.5, 0.6) is 0 Å². The molecule has 0 saturated carbocycles. The quantitative estimate of drug-likeness (QED) is 0.724. The highest BCUT2D eigenvalue weighted by atomic mass is 16.3. The van der Waals surface area contributed by atoms with E-state index in [1.165, 1.54) is 0 Å². The zero-order valence-electron chi connectivity index (χ0n) is 9.07. The molecule has 1 aromatic rings. The molecule has 14 heavy (non-hydrogen) atoms. The standard InChI is InChI=1S/C10H19N3O/c1-8(2)9(7-14)12-6-10-11-4-5-13(10)3/h4-5,8-9,12,14H,6-7H2,1-3H3/t9-/m1/s1. The van der Waals surface area contributed by atoms with Crippen molar-refractivity contribution in [2.45, 2.75) is 26.4 Å². The molecule has 1 aromatic heterocycles. The number of hydrogen-bond donors (Lipinski definition) is 2. The summed E-state index contributed by atoms with van der Waals surface area (Å²) in [6, 6.07) is 0.145. The van der Waals surface area contributed by atoms with Crippen LogP contribution in [-0.4, -0.2) is 27.3 Å². The number of imidazole rings is 1. The summed E-state index contributed by atoms with van der Waals surface area (Å²) >= 11 is 0. The Labute approximate surface area is 85.0 Å². The van der Waals surface area contributed by atoms with Crippen LogP contribution in [0.15, 0.2) is 12.4 Å². The number of aliphatic hydroxyl groups excluding tert-OH is 1. The smallest absolute Gasteiger partial charge is 0.122 e. The molecule has 4 nitrogen and oxygen atoms in total. The molecule has 0 aliphatic carbocycles. The van der Waals surface area contributed by atoms with Crippen molar-refractivity contribution in [2.75, 3.05) is 6.61 Å². The lowest BCUT2D eigenvalue weighted by atomic mass is 10.1. The van der Waals surface area contributed by atoms with Gasteiger partial charge in [0.05, 0.1) is 13.2 Å². The molecule has 0 amide bonds. The van der Waals surface area contributed by atoms with Crippen molar-refractivity contribution in [3.05, 3.63) is 18.2 Å². The average Bonchev–Trinajstić information content (AvgIpc) is 2.52. The zero-order valence-corrected chi connectivity index (χ0v) is 9.07. The fraction of sp³-hybridized carbons (Fsp3) is 0.700. The van der Waals surface area contributed by atoms with Crippen LogP contribution in [0.1, 0.15) is 19.7 Å². The third-order valence-corrected chi connectivity index (χ3v) is 2.44. The summed E-state index contributed by atoms with van der Waals surface area (Å²) in [5.41, 5.74) is 0. The van der Waals surface area contributed by atoms with Gasteiger partial charge in [0.15, 0.2) is 0 Å². The minimum Gasteiger partial charge on any atom is -0.395 e. The molecular formula is C10H19N3O. The molecule has 0 radical (unpaired) electrons. The van der Waals surface area contributed by atoms with Gasteiger partial charge in [-0.2, -0.15) is 0 Å². The zero-order chi connectivity index (χ0) is 10.6. The maximum absolute atomic E-state index is 9.10. The van der Waals surface area contributed by atoms with E-state index in [-0.39, 0.29) is 12.6 Å². The maximum Gasteiger partial charge on any atom is 0.122 e. The summed E-state index contributed by atoms with van der Waals surface area (Å²) in [5, 5.41) is 12.4. The first kappa shape index (κ1) is 11.2. The summed E-state index contributed by atoms with van der Waals surface area (Å²) in [6.07, 6.45) is 3.70. The molecule has 80 valence electrons. The average molecular weight is 197 g/mol. The number of aliphatic hydroxyl groups is 1. The Morgan fingerprint density at radius 3 is 2.71 bits per heavy atom. The topological polar surface area (TPSA) is 50.1 Å². The van der Waals surface area contributed by atoms with Gasteiger partial charge in [0.2, 0.25) is 0 Å². The maximum atomic E-state index is 9.10. The number of hydrogen-bond acceptors (Lipinski definition) is 3. The SMILES string of the molecule is CC(C)[C@@H](CO)NCc1nccn1C. The van der Waals surface area contributed by atoms with E-state index in [9.17, 15) is 0 Å². The van der Waals surface area contributed by atoms with Crippen LogP contribution < -0.4 is 5.32 Å². The Kier molecular flexibility index (Phi) is 4.10. The van der Waals surface area contributed by atoms with Crippen LogP contribution in [0.3, 0.4) is 0 Å². The van der Waals surface area contributed by atoms with Crippen molar-refractivity contribution >= 4 is 0 Å². The highest BCUT2D eigenvalue weighted by Gasteiger charge is 2.11. The van der Waals surface area contributed by atoms with Gasteiger partial charge < -0.3 is 15.0 Å². The Morgan fingerprint density at radius 2 is 2.29 bits per heavy atom. The van der Waals surface area contributed by atoms with Crippen LogP contribution in [0.4, 0.5) is 0 Å². The second-order valence-corrected chi connectivity index (χ2v) is 3.87. The lowest BCUT2D eigenvalue weighted by Gasteiger charge is -2.19. The van der Waals surface area contributed by atoms with Crippen molar-refractivity contribution in [1.82, 2.24) is 14.9 Å². The van der Waals surface area contributed by atoms with Crippen LogP contribution in [0.2, 0.25) is 0 Å². The van der Waals surface area contributed by atoms with Gasteiger partial charge in [-0.05, 0) is 5.92 Å². The van der Waals surface area contributed by atoms with Crippen LogP contribution in [0.25, 0.3) is 0 Å². The Hall–Kier alpha value is -0.870. The van der Waals surface area contributed by atoms with E-state index in [2.05, 4.69) is 24.1 Å². The fourth-order valence-electron chi connectivity index (χ4n) is 1.30. The molecule has 1 rings (SSSR count). The molecule has 1 atom stereocenters. The molecule has 4 heteroatoms. The molecular weight excluding hydrogens is 178 g/mol. The van der Waals surface area contributed by atoms with Crippen LogP contribution >= 0.6 is 0 Å². The first-order valence-electron chi connectivity index (χ1n) is 4.95. The van der Waals surface area contributed by atoms with Crippen LogP contribution in [0, 0.1) is 5.92 Å². The molecule has 0 fully saturated rings. The van der Waals surface area contributed by atoms with Gasteiger partial charge in [-0.3, -0.25) is 0 Å². The number of aromatic nitrogens is 2. The highest BCUT2D eigenvalue weighted by molar-refractivity contribution is 4.91. The molecule has 2 N–H and O–H groups in total. The highest BCUT2D eigenvalue weighted by Crippen LogP contribution is 2.02. The van der Waals surface area contributed by atoms with Gasteiger partial charge in [0.1, 0.15) is 5.82 Å². The van der Waals surface area contributed by atoms with Crippen molar-refractivity contribution in [3.63, 3.8) is 0 Å². The van der Waals surface area contributed by atoms with E-state index in [0.717, 1.165) is 5.82 Å². The fourth-order valence-corrected chi connectivity index (χ4v) is 1.30.